The molecule has 0 bridgehead atoms. The highest BCUT2D eigenvalue weighted by Crippen LogP contribution is 2.10. The van der Waals surface area contributed by atoms with Crippen LogP contribution in [0.15, 0.2) is 24.3 Å². The molecule has 1 aromatic carbocycles. The molecule has 14 heavy (non-hydrogen) atoms. The smallest absolute Gasteiger partial charge is 0.252 e. The van der Waals surface area contributed by atoms with E-state index in [-0.39, 0.29) is 5.91 Å². The van der Waals surface area contributed by atoms with Gasteiger partial charge in [0.25, 0.3) is 5.91 Å². The van der Waals surface area contributed by atoms with Gasteiger partial charge in [0.1, 0.15) is 0 Å². The van der Waals surface area contributed by atoms with Crippen molar-refractivity contribution in [2.75, 3.05) is 11.9 Å². The predicted octanol–water partition coefficient (Wildman–Crippen LogP) is 2.81. The molecule has 0 radical (unpaired) electrons. The van der Waals surface area contributed by atoms with Gasteiger partial charge in [-0.05, 0) is 41.1 Å². The summed E-state index contributed by atoms with van der Waals surface area (Å²) < 4.78 is 0.987. The highest BCUT2D eigenvalue weighted by Gasteiger charge is 2.07. The Bertz CT molecular complexity index is 317. The zero-order valence-corrected chi connectivity index (χ0v) is 11.3. The lowest BCUT2D eigenvalue weighted by atomic mass is 10.2. The summed E-state index contributed by atoms with van der Waals surface area (Å²) in [6, 6.07) is 7.57. The number of rotatable bonds is 4. The third kappa shape index (κ3) is 3.57. The van der Waals surface area contributed by atoms with E-state index in [0.29, 0.717) is 0 Å². The Morgan fingerprint density at radius 1 is 1.43 bits per heavy atom. The average Bonchev–Trinajstić information content (AvgIpc) is 2.18. The van der Waals surface area contributed by atoms with Crippen LogP contribution in [0.1, 0.15) is 16.8 Å². The molecule has 0 aliphatic carbocycles. The van der Waals surface area contributed by atoms with Crippen LogP contribution in [0.3, 0.4) is 0 Å². The standard InChI is InChI=1S/C10H11BrINO/c11-6-3-7-13-10(14)8-4-1-2-5-9(8)12/h1-2,4-5H,3,6-7H2,(H,13,14). The van der Waals surface area contributed by atoms with E-state index in [1.165, 1.54) is 0 Å². The molecule has 2 nitrogen and oxygen atoms in total. The first-order chi connectivity index (χ1) is 6.75. The van der Waals surface area contributed by atoms with Gasteiger partial charge in [-0.2, -0.15) is 0 Å². The Balaban J connectivity index is 2.56. The molecule has 1 rings (SSSR count). The molecule has 0 aliphatic rings. The minimum atomic E-state index is 0.0101. The molecule has 1 N–H and O–H groups in total. The second kappa shape index (κ2) is 6.40. The molecule has 0 unspecified atom stereocenters. The van der Waals surface area contributed by atoms with Crippen molar-refractivity contribution in [2.45, 2.75) is 6.42 Å². The van der Waals surface area contributed by atoms with Gasteiger partial charge in [0.2, 0.25) is 0 Å². The largest absolute Gasteiger partial charge is 0.352 e. The minimum absolute atomic E-state index is 0.0101. The van der Waals surface area contributed by atoms with Crippen molar-refractivity contribution in [1.29, 1.82) is 0 Å². The van der Waals surface area contributed by atoms with E-state index in [1.807, 2.05) is 24.3 Å². The highest BCUT2D eigenvalue weighted by molar-refractivity contribution is 14.1. The summed E-state index contributed by atoms with van der Waals surface area (Å²) in [4.78, 5) is 11.6. The fraction of sp³-hybridized carbons (Fsp3) is 0.300. The Kier molecular flexibility index (Phi) is 5.47. The summed E-state index contributed by atoms with van der Waals surface area (Å²) in [6.07, 6.45) is 0.954. The molecular formula is C10H11BrINO. The van der Waals surface area contributed by atoms with E-state index in [4.69, 9.17) is 0 Å². The number of alkyl halides is 1. The maximum atomic E-state index is 11.6. The lowest BCUT2D eigenvalue weighted by molar-refractivity contribution is 0.0953. The highest BCUT2D eigenvalue weighted by atomic mass is 127. The lowest BCUT2D eigenvalue weighted by Gasteiger charge is -2.05. The third-order valence-corrected chi connectivity index (χ3v) is 3.22. The van der Waals surface area contributed by atoms with Crippen LogP contribution >= 0.6 is 38.5 Å². The molecule has 0 saturated heterocycles. The van der Waals surface area contributed by atoms with Gasteiger partial charge in [0, 0.05) is 15.4 Å². The summed E-state index contributed by atoms with van der Waals surface area (Å²) in [5.74, 6) is 0.0101. The van der Waals surface area contributed by atoms with Crippen LogP contribution in [0.2, 0.25) is 0 Å². The summed E-state index contributed by atoms with van der Waals surface area (Å²) in [5, 5.41) is 3.78. The Labute approximate surface area is 106 Å². The van der Waals surface area contributed by atoms with E-state index in [1.54, 1.807) is 0 Å². The topological polar surface area (TPSA) is 29.1 Å². The summed E-state index contributed by atoms with van der Waals surface area (Å²) in [6.45, 7) is 0.717. The van der Waals surface area contributed by atoms with Crippen molar-refractivity contribution < 1.29 is 4.79 Å². The van der Waals surface area contributed by atoms with Gasteiger partial charge in [-0.1, -0.05) is 28.1 Å². The van der Waals surface area contributed by atoms with Crippen LogP contribution < -0.4 is 5.32 Å². The monoisotopic (exact) mass is 367 g/mol. The number of hydrogen-bond donors (Lipinski definition) is 1. The summed E-state index contributed by atoms with van der Waals surface area (Å²) in [5.41, 5.74) is 0.752. The molecule has 0 heterocycles. The van der Waals surface area contributed by atoms with E-state index < -0.39 is 0 Å². The Hall–Kier alpha value is -0.100. The molecule has 76 valence electrons. The summed E-state index contributed by atoms with van der Waals surface area (Å²) >= 11 is 5.48. The zero-order chi connectivity index (χ0) is 10.4. The molecule has 0 fully saturated rings. The molecule has 0 aromatic heterocycles. The van der Waals surface area contributed by atoms with E-state index in [2.05, 4.69) is 43.8 Å². The van der Waals surface area contributed by atoms with Gasteiger partial charge < -0.3 is 5.32 Å². The first kappa shape index (κ1) is 12.0. The van der Waals surface area contributed by atoms with E-state index in [0.717, 1.165) is 27.4 Å². The molecule has 0 atom stereocenters. The first-order valence-corrected chi connectivity index (χ1v) is 6.54. The van der Waals surface area contributed by atoms with Crippen molar-refractivity contribution >= 4 is 44.4 Å². The van der Waals surface area contributed by atoms with Crippen LogP contribution in [-0.4, -0.2) is 17.8 Å². The molecule has 1 amide bonds. The van der Waals surface area contributed by atoms with Crippen molar-refractivity contribution in [3.63, 3.8) is 0 Å². The van der Waals surface area contributed by atoms with Gasteiger partial charge in [0.15, 0.2) is 0 Å². The average molecular weight is 368 g/mol. The normalized spacial score (nSPS) is 9.86. The van der Waals surface area contributed by atoms with E-state index in [9.17, 15) is 4.79 Å². The van der Waals surface area contributed by atoms with E-state index >= 15 is 0 Å². The molecule has 1 aromatic rings. The number of nitrogens with one attached hydrogen (secondary N) is 1. The fourth-order valence-corrected chi connectivity index (χ4v) is 1.92. The lowest BCUT2D eigenvalue weighted by Crippen LogP contribution is -2.25. The van der Waals surface area contributed by atoms with Crippen LogP contribution in [0.25, 0.3) is 0 Å². The van der Waals surface area contributed by atoms with Gasteiger partial charge in [0.05, 0.1) is 5.56 Å². The minimum Gasteiger partial charge on any atom is -0.352 e. The van der Waals surface area contributed by atoms with Crippen LogP contribution in [0, 0.1) is 3.57 Å². The number of benzene rings is 1. The van der Waals surface area contributed by atoms with Crippen molar-refractivity contribution in [1.82, 2.24) is 5.32 Å². The SMILES string of the molecule is O=C(NCCCBr)c1ccccc1I. The van der Waals surface area contributed by atoms with Crippen LogP contribution in [0.5, 0.6) is 0 Å². The predicted molar refractivity (Wildman–Crippen MR) is 69.9 cm³/mol. The van der Waals surface area contributed by atoms with Crippen molar-refractivity contribution in [3.05, 3.63) is 33.4 Å². The third-order valence-electron chi connectivity index (χ3n) is 1.71. The van der Waals surface area contributed by atoms with Gasteiger partial charge in [-0.25, -0.2) is 0 Å². The van der Waals surface area contributed by atoms with Gasteiger partial charge in [-0.3, -0.25) is 4.79 Å². The quantitative estimate of drug-likeness (QED) is 0.495. The molecule has 0 aliphatic heterocycles. The molecular weight excluding hydrogens is 357 g/mol. The zero-order valence-electron chi connectivity index (χ0n) is 7.59. The van der Waals surface area contributed by atoms with Crippen molar-refractivity contribution in [3.8, 4) is 0 Å². The number of carbonyl (C=O) groups excluding carboxylic acids is 1. The molecule has 0 spiro atoms. The summed E-state index contributed by atoms with van der Waals surface area (Å²) in [7, 11) is 0. The van der Waals surface area contributed by atoms with Crippen molar-refractivity contribution in [2.24, 2.45) is 0 Å². The van der Waals surface area contributed by atoms with Crippen LogP contribution in [-0.2, 0) is 0 Å². The first-order valence-electron chi connectivity index (χ1n) is 4.34. The Morgan fingerprint density at radius 3 is 2.79 bits per heavy atom. The number of amides is 1. The van der Waals surface area contributed by atoms with Crippen LogP contribution in [0.4, 0.5) is 0 Å². The number of hydrogen-bond acceptors (Lipinski definition) is 1. The Morgan fingerprint density at radius 2 is 2.14 bits per heavy atom. The second-order valence-electron chi connectivity index (χ2n) is 2.78. The number of halogens is 2. The van der Waals surface area contributed by atoms with Gasteiger partial charge >= 0.3 is 0 Å². The maximum Gasteiger partial charge on any atom is 0.252 e. The second-order valence-corrected chi connectivity index (χ2v) is 4.73. The molecule has 0 saturated carbocycles. The maximum absolute atomic E-state index is 11.6. The molecule has 4 heteroatoms. The number of carbonyl (C=O) groups is 1. The van der Waals surface area contributed by atoms with Gasteiger partial charge in [-0.15, -0.1) is 0 Å². The fourth-order valence-electron chi connectivity index (χ4n) is 1.01.